The number of aromatic nitrogens is 2. The van der Waals surface area contributed by atoms with E-state index in [1.807, 2.05) is 0 Å². The number of rotatable bonds is 2. The molecule has 0 fully saturated rings. The lowest BCUT2D eigenvalue weighted by molar-refractivity contribution is 0.391. The van der Waals surface area contributed by atoms with Crippen molar-refractivity contribution in [1.82, 2.24) is 10.1 Å². The molecular formula is C7H5ClN2O2. The van der Waals surface area contributed by atoms with Crippen LogP contribution in [0.1, 0.15) is 5.89 Å². The van der Waals surface area contributed by atoms with Crippen molar-refractivity contribution in [1.29, 1.82) is 0 Å². The Morgan fingerprint density at radius 2 is 2.42 bits per heavy atom. The summed E-state index contributed by atoms with van der Waals surface area (Å²) in [7, 11) is 0. The van der Waals surface area contributed by atoms with E-state index >= 15 is 0 Å². The molecule has 0 aromatic carbocycles. The highest BCUT2D eigenvalue weighted by Gasteiger charge is 2.07. The Kier molecular flexibility index (Phi) is 1.83. The molecule has 0 aliphatic heterocycles. The SMILES string of the molecule is ClCc1nc(-c2ccoc2)no1. The summed E-state index contributed by atoms with van der Waals surface area (Å²) in [6.07, 6.45) is 3.09. The van der Waals surface area contributed by atoms with Gasteiger partial charge in [0, 0.05) is 0 Å². The van der Waals surface area contributed by atoms with Crippen molar-refractivity contribution in [2.75, 3.05) is 0 Å². The number of alkyl halides is 1. The van der Waals surface area contributed by atoms with E-state index in [4.69, 9.17) is 20.5 Å². The molecule has 0 saturated carbocycles. The summed E-state index contributed by atoms with van der Waals surface area (Å²) < 4.78 is 9.66. The van der Waals surface area contributed by atoms with E-state index in [-0.39, 0.29) is 5.88 Å². The zero-order valence-electron chi connectivity index (χ0n) is 6.03. The first-order chi connectivity index (χ1) is 5.90. The largest absolute Gasteiger partial charge is 0.472 e. The summed E-state index contributed by atoms with van der Waals surface area (Å²) in [6.45, 7) is 0. The molecule has 12 heavy (non-hydrogen) atoms. The first-order valence-electron chi connectivity index (χ1n) is 3.31. The molecule has 0 bridgehead atoms. The fraction of sp³-hybridized carbons (Fsp3) is 0.143. The van der Waals surface area contributed by atoms with E-state index in [2.05, 4.69) is 10.1 Å². The number of furan rings is 1. The minimum atomic E-state index is 0.227. The van der Waals surface area contributed by atoms with Crippen LogP contribution in [0.25, 0.3) is 11.4 Å². The Bertz CT molecular complexity index is 355. The van der Waals surface area contributed by atoms with Gasteiger partial charge in [-0.15, -0.1) is 11.6 Å². The standard InChI is InChI=1S/C7H5ClN2O2/c8-3-6-9-7(10-12-6)5-1-2-11-4-5/h1-2,4H,3H2. The van der Waals surface area contributed by atoms with Gasteiger partial charge in [0.15, 0.2) is 0 Å². The smallest absolute Gasteiger partial charge is 0.241 e. The molecule has 0 spiro atoms. The molecule has 0 radical (unpaired) electrons. The lowest BCUT2D eigenvalue weighted by Crippen LogP contribution is -1.77. The third-order valence-electron chi connectivity index (χ3n) is 1.36. The molecule has 0 atom stereocenters. The van der Waals surface area contributed by atoms with Crippen molar-refractivity contribution in [3.63, 3.8) is 0 Å². The van der Waals surface area contributed by atoms with Crippen molar-refractivity contribution in [2.45, 2.75) is 5.88 Å². The third kappa shape index (κ3) is 1.21. The molecule has 0 amide bonds. The number of hydrogen-bond acceptors (Lipinski definition) is 4. The van der Waals surface area contributed by atoms with Crippen molar-refractivity contribution in [3.8, 4) is 11.4 Å². The van der Waals surface area contributed by atoms with Gasteiger partial charge in [0.25, 0.3) is 0 Å². The monoisotopic (exact) mass is 184 g/mol. The van der Waals surface area contributed by atoms with Crippen LogP contribution in [0.15, 0.2) is 27.5 Å². The van der Waals surface area contributed by atoms with Crippen LogP contribution in [-0.4, -0.2) is 10.1 Å². The second kappa shape index (κ2) is 2.98. The fourth-order valence-electron chi connectivity index (χ4n) is 0.818. The van der Waals surface area contributed by atoms with Crippen molar-refractivity contribution in [2.24, 2.45) is 0 Å². The molecule has 0 N–H and O–H groups in total. The number of halogens is 1. The summed E-state index contributed by atoms with van der Waals surface area (Å²) in [6, 6.07) is 1.75. The zero-order chi connectivity index (χ0) is 8.39. The fourth-order valence-corrected chi connectivity index (χ4v) is 0.927. The van der Waals surface area contributed by atoms with Crippen LogP contribution in [0, 0.1) is 0 Å². The molecule has 4 nitrogen and oxygen atoms in total. The van der Waals surface area contributed by atoms with E-state index in [9.17, 15) is 0 Å². The Morgan fingerprint density at radius 3 is 3.00 bits per heavy atom. The van der Waals surface area contributed by atoms with E-state index in [0.717, 1.165) is 5.56 Å². The molecule has 0 aliphatic rings. The topological polar surface area (TPSA) is 52.1 Å². The van der Waals surface area contributed by atoms with Gasteiger partial charge in [-0.25, -0.2) is 0 Å². The number of nitrogens with zero attached hydrogens (tertiary/aromatic N) is 2. The predicted octanol–water partition coefficient (Wildman–Crippen LogP) is 2.07. The average molecular weight is 185 g/mol. The van der Waals surface area contributed by atoms with Crippen LogP contribution < -0.4 is 0 Å². The van der Waals surface area contributed by atoms with Crippen LogP contribution in [0.4, 0.5) is 0 Å². The summed E-state index contributed by atoms with van der Waals surface area (Å²) >= 11 is 5.48. The predicted molar refractivity (Wildman–Crippen MR) is 41.6 cm³/mol. The molecule has 2 aromatic heterocycles. The minimum Gasteiger partial charge on any atom is -0.472 e. The highest BCUT2D eigenvalue weighted by molar-refractivity contribution is 6.16. The molecular weight excluding hydrogens is 180 g/mol. The van der Waals surface area contributed by atoms with Crippen LogP contribution in [0.5, 0.6) is 0 Å². The van der Waals surface area contributed by atoms with Crippen molar-refractivity contribution < 1.29 is 8.94 Å². The van der Waals surface area contributed by atoms with Gasteiger partial charge in [-0.1, -0.05) is 5.16 Å². The van der Waals surface area contributed by atoms with E-state index in [1.165, 1.54) is 0 Å². The summed E-state index contributed by atoms with van der Waals surface area (Å²) in [5, 5.41) is 3.70. The molecule has 0 aliphatic carbocycles. The van der Waals surface area contributed by atoms with Crippen LogP contribution in [-0.2, 0) is 5.88 Å². The molecule has 62 valence electrons. The van der Waals surface area contributed by atoms with Gasteiger partial charge in [-0.3, -0.25) is 0 Å². The van der Waals surface area contributed by atoms with Gasteiger partial charge >= 0.3 is 0 Å². The number of hydrogen-bond donors (Lipinski definition) is 0. The Morgan fingerprint density at radius 1 is 1.50 bits per heavy atom. The average Bonchev–Trinajstić information content (AvgIpc) is 2.75. The highest BCUT2D eigenvalue weighted by atomic mass is 35.5. The molecule has 2 rings (SSSR count). The van der Waals surface area contributed by atoms with Gasteiger partial charge in [-0.2, -0.15) is 4.98 Å². The van der Waals surface area contributed by atoms with Crippen LogP contribution in [0.2, 0.25) is 0 Å². The zero-order valence-corrected chi connectivity index (χ0v) is 6.78. The van der Waals surface area contributed by atoms with Gasteiger partial charge in [0.2, 0.25) is 11.7 Å². The molecule has 2 aromatic rings. The summed E-state index contributed by atoms with van der Waals surface area (Å²) in [5.74, 6) is 1.14. The Balaban J connectivity index is 2.35. The normalized spacial score (nSPS) is 10.4. The summed E-state index contributed by atoms with van der Waals surface area (Å²) in [5.41, 5.74) is 0.787. The second-order valence-corrected chi connectivity index (χ2v) is 2.42. The lowest BCUT2D eigenvalue weighted by atomic mass is 10.3. The van der Waals surface area contributed by atoms with Gasteiger partial charge in [-0.05, 0) is 6.07 Å². The Hall–Kier alpha value is -1.29. The van der Waals surface area contributed by atoms with Crippen LogP contribution >= 0.6 is 11.6 Å². The van der Waals surface area contributed by atoms with E-state index < -0.39 is 0 Å². The third-order valence-corrected chi connectivity index (χ3v) is 1.59. The van der Waals surface area contributed by atoms with Gasteiger partial charge < -0.3 is 8.94 Å². The summed E-state index contributed by atoms with van der Waals surface area (Å²) in [4.78, 5) is 4.00. The maximum Gasteiger partial charge on any atom is 0.241 e. The molecule has 0 saturated heterocycles. The maximum absolute atomic E-state index is 5.48. The van der Waals surface area contributed by atoms with Gasteiger partial charge in [0.1, 0.15) is 12.1 Å². The maximum atomic E-state index is 5.48. The van der Waals surface area contributed by atoms with E-state index in [0.29, 0.717) is 11.7 Å². The lowest BCUT2D eigenvalue weighted by Gasteiger charge is -1.80. The quantitative estimate of drug-likeness (QED) is 0.671. The van der Waals surface area contributed by atoms with Crippen LogP contribution in [0.3, 0.4) is 0 Å². The first kappa shape index (κ1) is 7.36. The minimum absolute atomic E-state index is 0.227. The second-order valence-electron chi connectivity index (χ2n) is 2.16. The van der Waals surface area contributed by atoms with E-state index in [1.54, 1.807) is 18.6 Å². The first-order valence-corrected chi connectivity index (χ1v) is 3.84. The molecule has 5 heteroatoms. The molecule has 2 heterocycles. The van der Waals surface area contributed by atoms with Crippen molar-refractivity contribution in [3.05, 3.63) is 24.5 Å². The van der Waals surface area contributed by atoms with Crippen molar-refractivity contribution >= 4 is 11.6 Å². The highest BCUT2D eigenvalue weighted by Crippen LogP contribution is 2.15. The van der Waals surface area contributed by atoms with Gasteiger partial charge in [0.05, 0.1) is 11.8 Å². The molecule has 0 unspecified atom stereocenters. The Labute approximate surface area is 73.1 Å².